The monoisotopic (exact) mass is 516 g/mol. The molecule has 0 aromatic heterocycles. The summed E-state index contributed by atoms with van der Waals surface area (Å²) in [4.78, 5) is 23.9. The van der Waals surface area contributed by atoms with Gasteiger partial charge in [-0.3, -0.25) is 9.59 Å². The fourth-order valence-corrected chi connectivity index (χ4v) is 4.66. The van der Waals surface area contributed by atoms with Crippen molar-refractivity contribution >= 4 is 11.8 Å². The van der Waals surface area contributed by atoms with Gasteiger partial charge in [0.05, 0.1) is 0 Å². The number of benzene rings is 1. The summed E-state index contributed by atoms with van der Waals surface area (Å²) in [5.41, 5.74) is 1.10. The van der Waals surface area contributed by atoms with Gasteiger partial charge < -0.3 is 15.7 Å². The van der Waals surface area contributed by atoms with E-state index in [4.69, 9.17) is 0 Å². The maximum absolute atomic E-state index is 12.0. The van der Waals surface area contributed by atoms with Gasteiger partial charge in [-0.05, 0) is 43.4 Å². The smallest absolute Gasteiger partial charge is 0.220 e. The fraction of sp³-hybridized carbons (Fsp3) is 0.750. The van der Waals surface area contributed by atoms with Crippen molar-refractivity contribution in [2.24, 2.45) is 0 Å². The Labute approximate surface area is 227 Å². The Morgan fingerprint density at radius 1 is 0.568 bits per heavy atom. The second-order valence-corrected chi connectivity index (χ2v) is 10.6. The van der Waals surface area contributed by atoms with E-state index in [2.05, 4.69) is 17.6 Å². The largest absolute Gasteiger partial charge is 0.508 e. The first-order chi connectivity index (χ1) is 18.1. The van der Waals surface area contributed by atoms with Crippen LogP contribution in [0.4, 0.5) is 0 Å². The minimum absolute atomic E-state index is 0.0796. The highest BCUT2D eigenvalue weighted by Crippen LogP contribution is 2.14. The van der Waals surface area contributed by atoms with Gasteiger partial charge in [0.15, 0.2) is 0 Å². The number of nitrogens with one attached hydrogen (secondary N) is 2. The predicted octanol–water partition coefficient (Wildman–Crippen LogP) is 7.99. The first-order valence-corrected chi connectivity index (χ1v) is 15.4. The van der Waals surface area contributed by atoms with Gasteiger partial charge in [-0.1, -0.05) is 115 Å². The number of amides is 2. The van der Waals surface area contributed by atoms with E-state index in [1.54, 1.807) is 12.1 Å². The average Bonchev–Trinajstić information content (AvgIpc) is 2.89. The van der Waals surface area contributed by atoms with Crippen LogP contribution in [0.3, 0.4) is 0 Å². The Balaban J connectivity index is 1.78. The number of phenolic OH excluding ortho intramolecular Hbond substituents is 1. The quantitative estimate of drug-likeness (QED) is 0.115. The van der Waals surface area contributed by atoms with Crippen LogP contribution in [-0.4, -0.2) is 30.0 Å². The molecule has 0 unspecified atom stereocenters. The summed E-state index contributed by atoms with van der Waals surface area (Å²) < 4.78 is 0. The number of rotatable bonds is 25. The highest BCUT2D eigenvalue weighted by Gasteiger charge is 2.03. The standard InChI is InChI=1S/C32H56N2O3/c1-2-3-4-5-6-7-8-9-10-11-12-13-14-15-17-20-31(36)33-27-19-16-18-21-32(37)34-28-26-29-22-24-30(35)25-23-29/h22-25,35H,2-21,26-28H2,1H3,(H,33,36)(H,34,37). The van der Waals surface area contributed by atoms with Crippen molar-refractivity contribution in [3.05, 3.63) is 29.8 Å². The van der Waals surface area contributed by atoms with E-state index in [-0.39, 0.29) is 17.6 Å². The molecule has 1 aromatic carbocycles. The van der Waals surface area contributed by atoms with E-state index >= 15 is 0 Å². The lowest BCUT2D eigenvalue weighted by Crippen LogP contribution is -2.25. The first kappa shape index (κ1) is 33.0. The first-order valence-electron chi connectivity index (χ1n) is 15.4. The van der Waals surface area contributed by atoms with Crippen molar-refractivity contribution < 1.29 is 14.7 Å². The Kier molecular flexibility index (Phi) is 21.7. The molecule has 0 atom stereocenters. The molecule has 0 spiro atoms. The van der Waals surface area contributed by atoms with Crippen molar-refractivity contribution in [3.8, 4) is 5.75 Å². The van der Waals surface area contributed by atoms with Crippen LogP contribution in [-0.2, 0) is 16.0 Å². The normalized spacial score (nSPS) is 10.9. The van der Waals surface area contributed by atoms with Crippen LogP contribution in [0, 0.1) is 0 Å². The number of unbranched alkanes of at least 4 members (excludes halogenated alkanes) is 16. The van der Waals surface area contributed by atoms with E-state index in [0.717, 1.165) is 44.1 Å². The molecule has 5 heteroatoms. The number of phenols is 1. The maximum atomic E-state index is 12.0. The molecule has 1 rings (SSSR count). The van der Waals surface area contributed by atoms with E-state index in [0.29, 0.717) is 25.9 Å². The van der Waals surface area contributed by atoms with Gasteiger partial charge in [-0.2, -0.15) is 0 Å². The third-order valence-electron chi connectivity index (χ3n) is 7.08. The van der Waals surface area contributed by atoms with Gasteiger partial charge in [0, 0.05) is 25.9 Å². The summed E-state index contributed by atoms with van der Waals surface area (Å²) in [6.07, 6.45) is 24.7. The molecule has 212 valence electrons. The number of aromatic hydroxyl groups is 1. The third-order valence-corrected chi connectivity index (χ3v) is 7.08. The summed E-state index contributed by atoms with van der Waals surface area (Å²) in [7, 11) is 0. The van der Waals surface area contributed by atoms with E-state index in [9.17, 15) is 14.7 Å². The number of hydrogen-bond acceptors (Lipinski definition) is 3. The van der Waals surface area contributed by atoms with Crippen molar-refractivity contribution in [1.29, 1.82) is 0 Å². The van der Waals surface area contributed by atoms with Crippen LogP contribution >= 0.6 is 0 Å². The molecule has 5 nitrogen and oxygen atoms in total. The Morgan fingerprint density at radius 3 is 1.46 bits per heavy atom. The summed E-state index contributed by atoms with van der Waals surface area (Å²) >= 11 is 0. The molecule has 2 amide bonds. The summed E-state index contributed by atoms with van der Waals surface area (Å²) in [5.74, 6) is 0.506. The van der Waals surface area contributed by atoms with Crippen LogP contribution < -0.4 is 10.6 Å². The number of hydrogen-bond donors (Lipinski definition) is 3. The van der Waals surface area contributed by atoms with Gasteiger partial charge in [0.25, 0.3) is 0 Å². The van der Waals surface area contributed by atoms with Crippen molar-refractivity contribution in [1.82, 2.24) is 10.6 Å². The van der Waals surface area contributed by atoms with Crippen LogP contribution in [0.1, 0.15) is 141 Å². The minimum atomic E-state index is 0.0796. The van der Waals surface area contributed by atoms with E-state index in [1.807, 2.05) is 12.1 Å². The van der Waals surface area contributed by atoms with Gasteiger partial charge >= 0.3 is 0 Å². The predicted molar refractivity (Wildman–Crippen MR) is 156 cm³/mol. The Morgan fingerprint density at radius 2 is 0.973 bits per heavy atom. The van der Waals surface area contributed by atoms with Gasteiger partial charge in [-0.15, -0.1) is 0 Å². The van der Waals surface area contributed by atoms with Crippen molar-refractivity contribution in [3.63, 3.8) is 0 Å². The Bertz CT molecular complexity index is 675. The van der Waals surface area contributed by atoms with Crippen LogP contribution in [0.25, 0.3) is 0 Å². The molecule has 0 aliphatic rings. The zero-order chi connectivity index (χ0) is 26.8. The second kappa shape index (κ2) is 24.3. The summed E-state index contributed by atoms with van der Waals surface area (Å²) in [6, 6.07) is 7.07. The molecule has 0 bridgehead atoms. The molecule has 0 saturated heterocycles. The molecular formula is C32H56N2O3. The molecule has 0 saturated carbocycles. The number of carbonyl (C=O) groups is 2. The lowest BCUT2D eigenvalue weighted by atomic mass is 10.0. The second-order valence-electron chi connectivity index (χ2n) is 10.6. The molecule has 0 radical (unpaired) electrons. The third kappa shape index (κ3) is 21.7. The minimum Gasteiger partial charge on any atom is -0.508 e. The van der Waals surface area contributed by atoms with E-state index < -0.39 is 0 Å². The Hall–Kier alpha value is -2.04. The zero-order valence-corrected chi connectivity index (χ0v) is 23.8. The van der Waals surface area contributed by atoms with Crippen molar-refractivity contribution in [2.45, 2.75) is 142 Å². The lowest BCUT2D eigenvalue weighted by molar-refractivity contribution is -0.122. The molecule has 3 N–H and O–H groups in total. The van der Waals surface area contributed by atoms with E-state index in [1.165, 1.54) is 83.5 Å². The summed E-state index contributed by atoms with van der Waals surface area (Å²) in [6.45, 7) is 3.59. The van der Waals surface area contributed by atoms with Gasteiger partial charge in [0.2, 0.25) is 11.8 Å². The fourth-order valence-electron chi connectivity index (χ4n) is 4.66. The molecular weight excluding hydrogens is 460 g/mol. The molecule has 0 heterocycles. The van der Waals surface area contributed by atoms with Crippen LogP contribution in [0.15, 0.2) is 24.3 Å². The van der Waals surface area contributed by atoms with Crippen molar-refractivity contribution in [2.75, 3.05) is 13.1 Å². The molecule has 1 aromatic rings. The van der Waals surface area contributed by atoms with Crippen LogP contribution in [0.2, 0.25) is 0 Å². The number of carbonyl (C=O) groups excluding carboxylic acids is 2. The molecule has 0 aliphatic carbocycles. The maximum Gasteiger partial charge on any atom is 0.220 e. The lowest BCUT2D eigenvalue weighted by Gasteiger charge is -2.07. The highest BCUT2D eigenvalue weighted by molar-refractivity contribution is 5.76. The SMILES string of the molecule is CCCCCCCCCCCCCCCCCC(=O)NCCCCCC(=O)NCCc1ccc(O)cc1. The van der Waals surface area contributed by atoms with Gasteiger partial charge in [-0.25, -0.2) is 0 Å². The molecule has 0 aliphatic heterocycles. The topological polar surface area (TPSA) is 78.4 Å². The zero-order valence-electron chi connectivity index (χ0n) is 23.8. The molecule has 37 heavy (non-hydrogen) atoms. The summed E-state index contributed by atoms with van der Waals surface area (Å²) in [5, 5.41) is 15.3. The van der Waals surface area contributed by atoms with Gasteiger partial charge in [0.1, 0.15) is 5.75 Å². The van der Waals surface area contributed by atoms with Crippen LogP contribution in [0.5, 0.6) is 5.75 Å². The average molecular weight is 517 g/mol. The molecule has 0 fully saturated rings. The highest BCUT2D eigenvalue weighted by atomic mass is 16.3.